The fourth-order valence-corrected chi connectivity index (χ4v) is 2.61. The number of hydrogen-bond donors (Lipinski definition) is 2. The van der Waals surface area contributed by atoms with Gasteiger partial charge in [0, 0.05) is 13.1 Å². The van der Waals surface area contributed by atoms with Crippen LogP contribution in [-0.4, -0.2) is 34.6 Å². The van der Waals surface area contributed by atoms with Gasteiger partial charge in [-0.15, -0.1) is 0 Å². The summed E-state index contributed by atoms with van der Waals surface area (Å²) in [5.74, 6) is -0.924. The molecule has 1 aromatic rings. The van der Waals surface area contributed by atoms with Gasteiger partial charge in [0.2, 0.25) is 0 Å². The van der Waals surface area contributed by atoms with Crippen molar-refractivity contribution in [1.82, 2.24) is 10.2 Å². The van der Waals surface area contributed by atoms with Crippen molar-refractivity contribution in [2.75, 3.05) is 6.54 Å². The third-order valence-corrected chi connectivity index (χ3v) is 3.73. The third-order valence-electron chi connectivity index (χ3n) is 3.73. The number of carbonyl (C=O) groups is 2. The van der Waals surface area contributed by atoms with E-state index in [2.05, 4.69) is 12.2 Å². The standard InChI is InChI=1S/C15H20N2O3/c1-2-11-6-3-4-7-12(11)10-16-15(20)17-9-5-8-13(17)14(18)19/h3-4,6-7,13H,2,5,8-10H2,1H3,(H,16,20)(H,18,19)/t13-/m1/s1. The fourth-order valence-electron chi connectivity index (χ4n) is 2.61. The van der Waals surface area contributed by atoms with E-state index in [0.717, 1.165) is 18.4 Å². The van der Waals surface area contributed by atoms with E-state index in [-0.39, 0.29) is 6.03 Å². The number of hydrogen-bond acceptors (Lipinski definition) is 2. The van der Waals surface area contributed by atoms with Gasteiger partial charge in [0.15, 0.2) is 0 Å². The SMILES string of the molecule is CCc1ccccc1CNC(=O)N1CCC[C@@H]1C(=O)O. The van der Waals surface area contributed by atoms with Crippen molar-refractivity contribution in [1.29, 1.82) is 0 Å². The quantitative estimate of drug-likeness (QED) is 0.883. The van der Waals surface area contributed by atoms with Crippen LogP contribution >= 0.6 is 0 Å². The molecule has 108 valence electrons. The molecule has 0 bridgehead atoms. The number of carbonyl (C=O) groups excluding carboxylic acids is 1. The summed E-state index contributed by atoms with van der Waals surface area (Å²) in [6.07, 6.45) is 2.19. The van der Waals surface area contributed by atoms with Crippen molar-refractivity contribution >= 4 is 12.0 Å². The number of benzene rings is 1. The number of carboxylic acids is 1. The van der Waals surface area contributed by atoms with Gasteiger partial charge in [0.25, 0.3) is 0 Å². The molecule has 5 nitrogen and oxygen atoms in total. The van der Waals surface area contributed by atoms with E-state index >= 15 is 0 Å². The van der Waals surface area contributed by atoms with E-state index in [0.29, 0.717) is 19.5 Å². The van der Waals surface area contributed by atoms with E-state index in [1.54, 1.807) is 0 Å². The van der Waals surface area contributed by atoms with Gasteiger partial charge in [-0.3, -0.25) is 0 Å². The summed E-state index contributed by atoms with van der Waals surface area (Å²) < 4.78 is 0. The first-order valence-corrected chi connectivity index (χ1v) is 6.97. The zero-order chi connectivity index (χ0) is 14.5. The Labute approximate surface area is 118 Å². The lowest BCUT2D eigenvalue weighted by Crippen LogP contribution is -2.45. The Morgan fingerprint density at radius 2 is 2.05 bits per heavy atom. The number of nitrogens with one attached hydrogen (secondary N) is 1. The molecule has 1 saturated heterocycles. The van der Waals surface area contributed by atoms with Crippen molar-refractivity contribution in [2.24, 2.45) is 0 Å². The Morgan fingerprint density at radius 1 is 1.35 bits per heavy atom. The van der Waals surface area contributed by atoms with Crippen LogP contribution in [-0.2, 0) is 17.8 Å². The van der Waals surface area contributed by atoms with Crippen molar-refractivity contribution < 1.29 is 14.7 Å². The maximum atomic E-state index is 12.1. The maximum absolute atomic E-state index is 12.1. The van der Waals surface area contributed by atoms with Crippen LogP contribution in [0.4, 0.5) is 4.79 Å². The molecule has 1 aliphatic heterocycles. The predicted octanol–water partition coefficient (Wildman–Crippen LogP) is 2.01. The van der Waals surface area contributed by atoms with Gasteiger partial charge in [0.1, 0.15) is 6.04 Å². The van der Waals surface area contributed by atoms with Gasteiger partial charge in [-0.25, -0.2) is 9.59 Å². The second kappa shape index (κ2) is 6.41. The van der Waals surface area contributed by atoms with Gasteiger partial charge < -0.3 is 15.3 Å². The first-order chi connectivity index (χ1) is 9.63. The molecule has 0 radical (unpaired) electrons. The zero-order valence-corrected chi connectivity index (χ0v) is 11.6. The molecule has 1 aromatic carbocycles. The molecular formula is C15H20N2O3. The predicted molar refractivity (Wildman–Crippen MR) is 75.4 cm³/mol. The molecule has 20 heavy (non-hydrogen) atoms. The summed E-state index contributed by atoms with van der Waals surface area (Å²) in [6, 6.07) is 6.97. The van der Waals surface area contributed by atoms with Gasteiger partial charge in [-0.05, 0) is 30.4 Å². The minimum atomic E-state index is -0.924. The van der Waals surface area contributed by atoms with Crippen LogP contribution in [0.15, 0.2) is 24.3 Å². The fraction of sp³-hybridized carbons (Fsp3) is 0.467. The van der Waals surface area contributed by atoms with E-state index < -0.39 is 12.0 Å². The number of carboxylic acid groups (broad SMARTS) is 1. The van der Waals surface area contributed by atoms with Crippen LogP contribution in [0.2, 0.25) is 0 Å². The first-order valence-electron chi connectivity index (χ1n) is 6.97. The maximum Gasteiger partial charge on any atom is 0.326 e. The van der Waals surface area contributed by atoms with Crippen molar-refractivity contribution in [3.8, 4) is 0 Å². The molecule has 1 fully saturated rings. The van der Waals surface area contributed by atoms with Crippen LogP contribution in [0.3, 0.4) is 0 Å². The van der Waals surface area contributed by atoms with E-state index in [4.69, 9.17) is 5.11 Å². The number of aryl methyl sites for hydroxylation is 1. The minimum Gasteiger partial charge on any atom is -0.480 e. The molecule has 0 spiro atoms. The average molecular weight is 276 g/mol. The highest BCUT2D eigenvalue weighted by Crippen LogP contribution is 2.17. The van der Waals surface area contributed by atoms with Crippen molar-refractivity contribution in [3.05, 3.63) is 35.4 Å². The van der Waals surface area contributed by atoms with Crippen LogP contribution < -0.4 is 5.32 Å². The molecule has 2 N–H and O–H groups in total. The third kappa shape index (κ3) is 3.10. The zero-order valence-electron chi connectivity index (χ0n) is 11.6. The molecular weight excluding hydrogens is 256 g/mol. The minimum absolute atomic E-state index is 0.291. The Hall–Kier alpha value is -2.04. The van der Waals surface area contributed by atoms with Crippen LogP contribution in [0.1, 0.15) is 30.9 Å². The van der Waals surface area contributed by atoms with E-state index in [1.807, 2.05) is 24.3 Å². The number of urea groups is 1. The lowest BCUT2D eigenvalue weighted by molar-refractivity contribution is -0.141. The molecule has 0 aromatic heterocycles. The summed E-state index contributed by atoms with van der Waals surface area (Å²) in [6.45, 7) is 3.02. The molecule has 1 aliphatic rings. The van der Waals surface area contributed by atoms with E-state index in [9.17, 15) is 9.59 Å². The Morgan fingerprint density at radius 3 is 2.70 bits per heavy atom. The summed E-state index contributed by atoms with van der Waals surface area (Å²) in [5.41, 5.74) is 2.28. The molecule has 5 heteroatoms. The van der Waals surface area contributed by atoms with Gasteiger partial charge in [-0.2, -0.15) is 0 Å². The Bertz CT molecular complexity index is 502. The highest BCUT2D eigenvalue weighted by atomic mass is 16.4. The lowest BCUT2D eigenvalue weighted by atomic mass is 10.1. The average Bonchev–Trinajstić information content (AvgIpc) is 2.94. The summed E-state index contributed by atoms with van der Waals surface area (Å²) in [5, 5.41) is 11.9. The molecule has 2 amide bonds. The van der Waals surface area contributed by atoms with E-state index in [1.165, 1.54) is 10.5 Å². The van der Waals surface area contributed by atoms with Crippen LogP contribution in [0, 0.1) is 0 Å². The molecule has 1 heterocycles. The number of aliphatic carboxylic acids is 1. The monoisotopic (exact) mass is 276 g/mol. The van der Waals surface area contributed by atoms with Crippen LogP contribution in [0.5, 0.6) is 0 Å². The first kappa shape index (κ1) is 14.4. The highest BCUT2D eigenvalue weighted by Gasteiger charge is 2.33. The van der Waals surface area contributed by atoms with Crippen LogP contribution in [0.25, 0.3) is 0 Å². The van der Waals surface area contributed by atoms with Crippen molar-refractivity contribution in [3.63, 3.8) is 0 Å². The molecule has 1 atom stereocenters. The van der Waals surface area contributed by atoms with Crippen molar-refractivity contribution in [2.45, 2.75) is 38.8 Å². The summed E-state index contributed by atoms with van der Waals surface area (Å²) >= 11 is 0. The second-order valence-corrected chi connectivity index (χ2v) is 4.97. The highest BCUT2D eigenvalue weighted by molar-refractivity contribution is 5.83. The molecule has 0 unspecified atom stereocenters. The van der Waals surface area contributed by atoms with Gasteiger partial charge in [-0.1, -0.05) is 31.2 Å². The normalized spacial score (nSPS) is 18.1. The molecule has 2 rings (SSSR count). The number of likely N-dealkylation sites (tertiary alicyclic amines) is 1. The topological polar surface area (TPSA) is 69.6 Å². The van der Waals surface area contributed by atoms with Gasteiger partial charge in [0.05, 0.1) is 0 Å². The number of nitrogens with zero attached hydrogens (tertiary/aromatic N) is 1. The Balaban J connectivity index is 1.97. The smallest absolute Gasteiger partial charge is 0.326 e. The summed E-state index contributed by atoms with van der Waals surface area (Å²) in [7, 11) is 0. The molecule has 0 saturated carbocycles. The Kier molecular flexibility index (Phi) is 4.61. The molecule has 0 aliphatic carbocycles. The lowest BCUT2D eigenvalue weighted by Gasteiger charge is -2.22. The number of amides is 2. The van der Waals surface area contributed by atoms with Gasteiger partial charge >= 0.3 is 12.0 Å². The largest absolute Gasteiger partial charge is 0.480 e. The number of rotatable bonds is 4. The summed E-state index contributed by atoms with van der Waals surface area (Å²) in [4.78, 5) is 24.6. The second-order valence-electron chi connectivity index (χ2n) is 4.97.